The largest absolute Gasteiger partial charge is 0.372 e. The quantitative estimate of drug-likeness (QED) is 0.614. The number of ether oxygens (including phenoxy) is 1. The number of urea groups is 1. The van der Waals surface area contributed by atoms with E-state index in [-0.39, 0.29) is 23.3 Å². The molecular weight excluding hydrogens is 324 g/mol. The lowest BCUT2D eigenvalue weighted by atomic mass is 10.2. The maximum absolute atomic E-state index is 12.9. The van der Waals surface area contributed by atoms with Crippen LogP contribution in [0.25, 0.3) is 5.65 Å². The van der Waals surface area contributed by atoms with Gasteiger partial charge < -0.3 is 15.4 Å². The van der Waals surface area contributed by atoms with E-state index in [1.54, 1.807) is 18.3 Å². The van der Waals surface area contributed by atoms with Gasteiger partial charge in [-0.1, -0.05) is 6.07 Å². The molecule has 3 rings (SSSR count). The molecule has 3 N–H and O–H groups in total. The van der Waals surface area contributed by atoms with Crippen LogP contribution in [0.2, 0.25) is 0 Å². The number of pyridine rings is 1. The predicted octanol–water partition coefficient (Wildman–Crippen LogP) is 0.310. The molecule has 3 heterocycles. The normalized spacial score (nSPS) is 21.0. The highest BCUT2D eigenvalue weighted by atomic mass is 16.5. The number of primary amides is 1. The van der Waals surface area contributed by atoms with E-state index in [0.29, 0.717) is 24.6 Å². The Morgan fingerprint density at radius 3 is 2.80 bits per heavy atom. The van der Waals surface area contributed by atoms with Crippen LogP contribution in [0.3, 0.4) is 0 Å². The maximum atomic E-state index is 12.9. The standard InChI is InChI=1S/C16H20N6O3/c1-10-8-21(9-11(2)25-10)14-12(7-18-20-16(17)24)15(23)22-6-4-3-5-13(22)19-14/h3-7,10-11H,8-9H2,1-2H3,(H3,17,20,24)/b18-7-/t10-,11-/m0/s1. The highest BCUT2D eigenvalue weighted by Gasteiger charge is 2.26. The van der Waals surface area contributed by atoms with Crippen molar-refractivity contribution in [1.29, 1.82) is 0 Å². The highest BCUT2D eigenvalue weighted by molar-refractivity contribution is 5.87. The van der Waals surface area contributed by atoms with Crippen LogP contribution in [0.1, 0.15) is 19.4 Å². The molecule has 2 aromatic rings. The third-order valence-corrected chi connectivity index (χ3v) is 3.84. The Morgan fingerprint density at radius 2 is 2.12 bits per heavy atom. The first-order valence-electron chi connectivity index (χ1n) is 7.96. The molecule has 0 bridgehead atoms. The molecule has 1 aliphatic heterocycles. The van der Waals surface area contributed by atoms with Crippen molar-refractivity contribution in [3.05, 3.63) is 40.3 Å². The van der Waals surface area contributed by atoms with Crippen molar-refractivity contribution in [2.75, 3.05) is 18.0 Å². The lowest BCUT2D eigenvalue weighted by molar-refractivity contribution is -0.00546. The van der Waals surface area contributed by atoms with E-state index in [2.05, 4.69) is 15.5 Å². The van der Waals surface area contributed by atoms with Gasteiger partial charge in [0.25, 0.3) is 5.56 Å². The zero-order valence-corrected chi connectivity index (χ0v) is 14.0. The molecule has 1 aliphatic rings. The highest BCUT2D eigenvalue weighted by Crippen LogP contribution is 2.20. The number of hydrazone groups is 1. The van der Waals surface area contributed by atoms with Crippen molar-refractivity contribution in [3.63, 3.8) is 0 Å². The lowest BCUT2D eigenvalue weighted by Crippen LogP contribution is -2.47. The predicted molar refractivity (Wildman–Crippen MR) is 94.0 cm³/mol. The molecule has 2 aromatic heterocycles. The van der Waals surface area contributed by atoms with E-state index >= 15 is 0 Å². The molecule has 2 amide bonds. The van der Waals surface area contributed by atoms with Crippen molar-refractivity contribution < 1.29 is 9.53 Å². The smallest absolute Gasteiger partial charge is 0.332 e. The number of aromatic nitrogens is 2. The number of nitrogens with zero attached hydrogens (tertiary/aromatic N) is 4. The number of hydrogen-bond acceptors (Lipinski definition) is 6. The fraction of sp³-hybridized carbons (Fsp3) is 0.375. The molecule has 25 heavy (non-hydrogen) atoms. The van der Waals surface area contributed by atoms with Gasteiger partial charge in [0.05, 0.1) is 18.4 Å². The van der Waals surface area contributed by atoms with Gasteiger partial charge in [-0.05, 0) is 26.0 Å². The van der Waals surface area contributed by atoms with Crippen molar-refractivity contribution >= 4 is 23.7 Å². The maximum Gasteiger partial charge on any atom is 0.332 e. The van der Waals surface area contributed by atoms with E-state index in [1.165, 1.54) is 10.6 Å². The van der Waals surface area contributed by atoms with E-state index in [9.17, 15) is 9.59 Å². The Balaban J connectivity index is 2.12. The fourth-order valence-electron chi connectivity index (χ4n) is 2.96. The van der Waals surface area contributed by atoms with Gasteiger partial charge in [-0.3, -0.25) is 9.20 Å². The summed E-state index contributed by atoms with van der Waals surface area (Å²) < 4.78 is 7.18. The first-order chi connectivity index (χ1) is 12.0. The second-order valence-corrected chi connectivity index (χ2v) is 5.98. The lowest BCUT2D eigenvalue weighted by Gasteiger charge is -2.36. The summed E-state index contributed by atoms with van der Waals surface area (Å²) in [6, 6.07) is 4.52. The van der Waals surface area contributed by atoms with Crippen molar-refractivity contribution in [2.24, 2.45) is 10.8 Å². The van der Waals surface area contributed by atoms with E-state index < -0.39 is 6.03 Å². The molecule has 9 heteroatoms. The van der Waals surface area contributed by atoms with Crippen LogP contribution in [0.15, 0.2) is 34.3 Å². The summed E-state index contributed by atoms with van der Waals surface area (Å²) in [5, 5.41) is 3.74. The Kier molecular flexibility index (Phi) is 4.66. The van der Waals surface area contributed by atoms with Crippen molar-refractivity contribution in [2.45, 2.75) is 26.1 Å². The summed E-state index contributed by atoms with van der Waals surface area (Å²) in [4.78, 5) is 30.3. The van der Waals surface area contributed by atoms with E-state index in [0.717, 1.165) is 0 Å². The SMILES string of the molecule is C[C@H]1CN(c2nc3ccccn3c(=O)c2/C=N\NC(N)=O)C[C@H](C)O1. The number of fused-ring (bicyclic) bond motifs is 1. The minimum Gasteiger partial charge on any atom is -0.372 e. The van der Waals surface area contributed by atoms with Crippen LogP contribution >= 0.6 is 0 Å². The van der Waals surface area contributed by atoms with Crippen LogP contribution in [-0.2, 0) is 4.74 Å². The monoisotopic (exact) mass is 344 g/mol. The number of rotatable bonds is 3. The molecule has 1 fully saturated rings. The van der Waals surface area contributed by atoms with Crippen molar-refractivity contribution in [3.8, 4) is 0 Å². The third-order valence-electron chi connectivity index (χ3n) is 3.84. The van der Waals surface area contributed by atoms with Gasteiger partial charge in [0.15, 0.2) is 0 Å². The number of morpholine rings is 1. The topological polar surface area (TPSA) is 114 Å². The van der Waals surface area contributed by atoms with Crippen LogP contribution in [0.4, 0.5) is 10.6 Å². The molecule has 0 radical (unpaired) electrons. The summed E-state index contributed by atoms with van der Waals surface area (Å²) in [5.74, 6) is 0.508. The molecule has 1 saturated heterocycles. The van der Waals surface area contributed by atoms with Gasteiger partial charge in [-0.15, -0.1) is 0 Å². The Labute approximate surface area is 144 Å². The van der Waals surface area contributed by atoms with E-state index in [4.69, 9.17) is 10.5 Å². The first kappa shape index (κ1) is 16.9. The average Bonchev–Trinajstić information content (AvgIpc) is 2.55. The molecule has 0 aliphatic carbocycles. The molecule has 2 atom stereocenters. The summed E-state index contributed by atoms with van der Waals surface area (Å²) in [5.41, 5.74) is 7.66. The summed E-state index contributed by atoms with van der Waals surface area (Å²) in [6.45, 7) is 5.14. The molecular formula is C16H20N6O3. The Bertz CT molecular complexity index is 868. The summed E-state index contributed by atoms with van der Waals surface area (Å²) >= 11 is 0. The number of carbonyl (C=O) groups excluding carboxylic acids is 1. The molecule has 0 saturated carbocycles. The third kappa shape index (κ3) is 3.61. The average molecular weight is 344 g/mol. The van der Waals surface area contributed by atoms with Gasteiger partial charge in [0, 0.05) is 19.3 Å². The van der Waals surface area contributed by atoms with Gasteiger partial charge in [0.1, 0.15) is 17.0 Å². The molecule has 9 nitrogen and oxygen atoms in total. The minimum atomic E-state index is -0.805. The zero-order valence-electron chi connectivity index (χ0n) is 14.0. The number of anilines is 1. The van der Waals surface area contributed by atoms with Gasteiger partial charge in [0.2, 0.25) is 0 Å². The Hall–Kier alpha value is -2.94. The molecule has 132 valence electrons. The fourth-order valence-corrected chi connectivity index (χ4v) is 2.96. The van der Waals surface area contributed by atoms with Gasteiger partial charge in [-0.2, -0.15) is 5.10 Å². The summed E-state index contributed by atoms with van der Waals surface area (Å²) in [6.07, 6.45) is 2.93. The number of carbonyl (C=O) groups is 1. The van der Waals surface area contributed by atoms with Crippen LogP contribution < -0.4 is 21.6 Å². The number of hydrogen-bond donors (Lipinski definition) is 2. The zero-order chi connectivity index (χ0) is 18.0. The minimum absolute atomic E-state index is 0.00769. The molecule has 0 unspecified atom stereocenters. The van der Waals surface area contributed by atoms with Crippen LogP contribution in [0.5, 0.6) is 0 Å². The Morgan fingerprint density at radius 1 is 1.40 bits per heavy atom. The second kappa shape index (κ2) is 6.89. The van der Waals surface area contributed by atoms with E-state index in [1.807, 2.05) is 24.8 Å². The molecule has 0 spiro atoms. The van der Waals surface area contributed by atoms with Crippen LogP contribution in [-0.4, -0.2) is 46.9 Å². The van der Waals surface area contributed by atoms with Gasteiger partial charge in [-0.25, -0.2) is 15.2 Å². The molecule has 0 aromatic carbocycles. The van der Waals surface area contributed by atoms with Crippen LogP contribution in [0, 0.1) is 0 Å². The second-order valence-electron chi connectivity index (χ2n) is 5.98. The first-order valence-corrected chi connectivity index (χ1v) is 7.96. The van der Waals surface area contributed by atoms with Crippen molar-refractivity contribution in [1.82, 2.24) is 14.8 Å². The number of nitrogens with one attached hydrogen (secondary N) is 1. The number of amides is 2. The summed E-state index contributed by atoms with van der Waals surface area (Å²) in [7, 11) is 0. The van der Waals surface area contributed by atoms with Gasteiger partial charge >= 0.3 is 6.03 Å². The number of nitrogens with two attached hydrogens (primary N) is 1.